The maximum absolute atomic E-state index is 10.7. The molecular formula is C7H13BrO. The van der Waals surface area contributed by atoms with Gasteiger partial charge >= 0.3 is 0 Å². The Labute approximate surface area is 65.0 Å². The van der Waals surface area contributed by atoms with E-state index in [0.717, 1.165) is 6.42 Å². The number of ketones is 1. The Morgan fingerprint density at radius 1 is 1.67 bits per heavy atom. The van der Waals surface area contributed by atoms with E-state index in [1.807, 2.05) is 0 Å². The molecule has 0 radical (unpaired) electrons. The molecular weight excluding hydrogens is 180 g/mol. The Morgan fingerprint density at radius 3 is 2.22 bits per heavy atom. The van der Waals surface area contributed by atoms with Gasteiger partial charge in [-0.25, -0.2) is 0 Å². The third-order valence-corrected chi connectivity index (χ3v) is 3.08. The molecule has 0 rings (SSSR count). The molecule has 9 heavy (non-hydrogen) atoms. The summed E-state index contributed by atoms with van der Waals surface area (Å²) in [5, 5.41) is 0. The van der Waals surface area contributed by atoms with Crippen molar-refractivity contribution in [2.75, 3.05) is 0 Å². The van der Waals surface area contributed by atoms with Crippen molar-refractivity contribution in [3.8, 4) is 0 Å². The smallest absolute Gasteiger partial charge is 0.143 e. The van der Waals surface area contributed by atoms with Crippen molar-refractivity contribution in [2.24, 2.45) is 5.92 Å². The zero-order valence-corrected chi connectivity index (χ0v) is 7.73. The average molecular weight is 193 g/mol. The summed E-state index contributed by atoms with van der Waals surface area (Å²) in [6, 6.07) is 0. The van der Waals surface area contributed by atoms with E-state index in [4.69, 9.17) is 0 Å². The second-order valence-corrected chi connectivity index (χ2v) is 3.38. The zero-order chi connectivity index (χ0) is 7.44. The van der Waals surface area contributed by atoms with Gasteiger partial charge in [-0.2, -0.15) is 0 Å². The number of halogens is 1. The highest BCUT2D eigenvalue weighted by molar-refractivity contribution is 9.10. The van der Waals surface area contributed by atoms with Crippen LogP contribution in [0.4, 0.5) is 0 Å². The highest BCUT2D eigenvalue weighted by atomic mass is 79.9. The molecule has 1 nitrogen and oxygen atoms in total. The third-order valence-electron chi connectivity index (χ3n) is 1.53. The van der Waals surface area contributed by atoms with Gasteiger partial charge in [0, 0.05) is 0 Å². The van der Waals surface area contributed by atoms with Crippen LogP contribution in [0, 0.1) is 5.92 Å². The van der Waals surface area contributed by atoms with Crippen LogP contribution in [0.25, 0.3) is 0 Å². The van der Waals surface area contributed by atoms with Gasteiger partial charge in [-0.15, -0.1) is 0 Å². The topological polar surface area (TPSA) is 17.1 Å². The largest absolute Gasteiger partial charge is 0.299 e. The van der Waals surface area contributed by atoms with Gasteiger partial charge in [-0.05, 0) is 12.8 Å². The summed E-state index contributed by atoms with van der Waals surface area (Å²) >= 11 is 3.32. The second-order valence-electron chi connectivity index (χ2n) is 2.40. The van der Waals surface area contributed by atoms with E-state index in [-0.39, 0.29) is 10.6 Å². The minimum absolute atomic E-state index is 0.0579. The number of hydrogen-bond acceptors (Lipinski definition) is 1. The summed E-state index contributed by atoms with van der Waals surface area (Å²) < 4.78 is 0. The third kappa shape index (κ3) is 2.99. The average Bonchev–Trinajstić information content (AvgIpc) is 1.84. The molecule has 2 atom stereocenters. The maximum atomic E-state index is 10.7. The van der Waals surface area contributed by atoms with Gasteiger partial charge < -0.3 is 0 Å². The molecule has 0 fully saturated rings. The van der Waals surface area contributed by atoms with E-state index in [1.165, 1.54) is 0 Å². The minimum Gasteiger partial charge on any atom is -0.299 e. The summed E-state index contributed by atoms with van der Waals surface area (Å²) in [6.45, 7) is 5.77. The molecule has 0 aromatic rings. The van der Waals surface area contributed by atoms with E-state index < -0.39 is 0 Å². The first kappa shape index (κ1) is 9.15. The lowest BCUT2D eigenvalue weighted by Crippen LogP contribution is -2.18. The number of alkyl halides is 1. The Balaban J connectivity index is 3.72. The summed E-state index contributed by atoms with van der Waals surface area (Å²) in [7, 11) is 0. The molecule has 0 N–H and O–H groups in total. The molecule has 54 valence electrons. The van der Waals surface area contributed by atoms with E-state index in [1.54, 1.807) is 6.92 Å². The quantitative estimate of drug-likeness (QED) is 0.629. The molecule has 0 heterocycles. The van der Waals surface area contributed by atoms with Gasteiger partial charge in [-0.1, -0.05) is 36.2 Å². The van der Waals surface area contributed by atoms with Gasteiger partial charge in [0.2, 0.25) is 0 Å². The summed E-state index contributed by atoms with van der Waals surface area (Å²) in [5.41, 5.74) is 0. The molecule has 0 saturated carbocycles. The van der Waals surface area contributed by atoms with Crippen LogP contribution in [0.15, 0.2) is 0 Å². The van der Waals surface area contributed by atoms with Crippen LogP contribution in [0.1, 0.15) is 27.2 Å². The Kier molecular flexibility index (Phi) is 4.11. The van der Waals surface area contributed by atoms with Crippen molar-refractivity contribution in [3.63, 3.8) is 0 Å². The molecule has 0 aliphatic rings. The molecule has 0 spiro atoms. The van der Waals surface area contributed by atoms with Gasteiger partial charge in [0.15, 0.2) is 0 Å². The lowest BCUT2D eigenvalue weighted by molar-refractivity contribution is -0.117. The Bertz CT molecular complexity index is 101. The highest BCUT2D eigenvalue weighted by Crippen LogP contribution is 2.16. The SMILES string of the molecule is CCC(C)C(Br)C(C)=O. The van der Waals surface area contributed by atoms with Crippen LogP contribution in [0.5, 0.6) is 0 Å². The highest BCUT2D eigenvalue weighted by Gasteiger charge is 2.15. The van der Waals surface area contributed by atoms with Crippen molar-refractivity contribution in [2.45, 2.75) is 32.0 Å². The van der Waals surface area contributed by atoms with Gasteiger partial charge in [0.05, 0.1) is 4.83 Å². The molecule has 0 aromatic carbocycles. The monoisotopic (exact) mass is 192 g/mol. The van der Waals surface area contributed by atoms with Crippen LogP contribution in [0.2, 0.25) is 0 Å². The fourth-order valence-electron chi connectivity index (χ4n) is 0.608. The van der Waals surface area contributed by atoms with Crippen molar-refractivity contribution in [1.29, 1.82) is 0 Å². The number of carbonyl (C=O) groups excluding carboxylic acids is 1. The van der Waals surface area contributed by atoms with Crippen LogP contribution >= 0.6 is 15.9 Å². The molecule has 0 amide bonds. The molecule has 0 aliphatic carbocycles. The van der Waals surface area contributed by atoms with Crippen LogP contribution in [-0.2, 0) is 4.79 Å². The predicted octanol–water partition coefficient (Wildman–Crippen LogP) is 2.39. The standard InChI is InChI=1S/C7H13BrO/c1-4-5(2)7(8)6(3)9/h5,7H,4H2,1-3H3. The van der Waals surface area contributed by atoms with Crippen molar-refractivity contribution in [3.05, 3.63) is 0 Å². The number of rotatable bonds is 3. The van der Waals surface area contributed by atoms with Gasteiger partial charge in [0.25, 0.3) is 0 Å². The summed E-state index contributed by atoms with van der Waals surface area (Å²) in [5.74, 6) is 0.687. The maximum Gasteiger partial charge on any atom is 0.143 e. The summed E-state index contributed by atoms with van der Waals surface area (Å²) in [4.78, 5) is 10.8. The minimum atomic E-state index is 0.0579. The lowest BCUT2D eigenvalue weighted by atomic mass is 10.0. The molecule has 0 aliphatic heterocycles. The number of Topliss-reactive ketones (excluding diaryl/α,β-unsaturated/α-hetero) is 1. The van der Waals surface area contributed by atoms with E-state index in [0.29, 0.717) is 5.92 Å². The molecule has 0 aromatic heterocycles. The van der Waals surface area contributed by atoms with E-state index in [2.05, 4.69) is 29.8 Å². The van der Waals surface area contributed by atoms with Gasteiger partial charge in [-0.3, -0.25) is 4.79 Å². The number of hydrogen-bond donors (Lipinski definition) is 0. The van der Waals surface area contributed by atoms with Crippen LogP contribution in [0.3, 0.4) is 0 Å². The predicted molar refractivity (Wildman–Crippen MR) is 42.9 cm³/mol. The van der Waals surface area contributed by atoms with Crippen molar-refractivity contribution < 1.29 is 4.79 Å². The first-order valence-electron chi connectivity index (χ1n) is 3.24. The van der Waals surface area contributed by atoms with Gasteiger partial charge in [0.1, 0.15) is 5.78 Å². The fraction of sp³-hybridized carbons (Fsp3) is 0.857. The molecule has 0 bridgehead atoms. The van der Waals surface area contributed by atoms with Crippen molar-refractivity contribution in [1.82, 2.24) is 0 Å². The molecule has 0 saturated heterocycles. The zero-order valence-electron chi connectivity index (χ0n) is 6.15. The fourth-order valence-corrected chi connectivity index (χ4v) is 0.981. The van der Waals surface area contributed by atoms with Crippen LogP contribution in [-0.4, -0.2) is 10.6 Å². The molecule has 2 unspecified atom stereocenters. The van der Waals surface area contributed by atoms with E-state index in [9.17, 15) is 4.79 Å². The number of carbonyl (C=O) groups is 1. The van der Waals surface area contributed by atoms with Crippen molar-refractivity contribution >= 4 is 21.7 Å². The first-order chi connectivity index (χ1) is 4.09. The lowest BCUT2D eigenvalue weighted by Gasteiger charge is -2.11. The first-order valence-corrected chi connectivity index (χ1v) is 4.15. The van der Waals surface area contributed by atoms with Crippen LogP contribution < -0.4 is 0 Å². The Hall–Kier alpha value is 0.150. The van der Waals surface area contributed by atoms with E-state index >= 15 is 0 Å². The Morgan fingerprint density at radius 2 is 2.11 bits per heavy atom. The second kappa shape index (κ2) is 4.04. The normalized spacial score (nSPS) is 16.9. The summed E-state index contributed by atoms with van der Waals surface area (Å²) in [6.07, 6.45) is 1.05. The molecule has 2 heteroatoms.